The highest BCUT2D eigenvalue weighted by molar-refractivity contribution is 6.06. The molecule has 182 valence electrons. The fraction of sp³-hybridized carbons (Fsp3) is 0.167. The fourth-order valence-corrected chi connectivity index (χ4v) is 4.60. The van der Waals surface area contributed by atoms with E-state index in [0.29, 0.717) is 12.1 Å². The summed E-state index contributed by atoms with van der Waals surface area (Å²) in [6.45, 7) is 4.75. The van der Waals surface area contributed by atoms with E-state index >= 15 is 0 Å². The van der Waals surface area contributed by atoms with Gasteiger partial charge in [0.25, 0.3) is 5.91 Å². The van der Waals surface area contributed by atoms with E-state index in [0.717, 1.165) is 45.7 Å². The quantitative estimate of drug-likeness (QED) is 0.358. The third kappa shape index (κ3) is 5.16. The second kappa shape index (κ2) is 10.8. The number of hydrogen-bond donors (Lipinski definition) is 1. The van der Waals surface area contributed by atoms with Crippen molar-refractivity contribution in [2.24, 2.45) is 0 Å². The molecule has 0 unspecified atom stereocenters. The topological polar surface area (TPSA) is 62.3 Å². The molecule has 1 N–H and O–H groups in total. The minimum Gasteiger partial charge on any atom is -0.322 e. The second-order valence-electron chi connectivity index (χ2n) is 8.92. The molecule has 36 heavy (non-hydrogen) atoms. The first-order valence-electron chi connectivity index (χ1n) is 11.8. The lowest BCUT2D eigenvalue weighted by atomic mass is 9.94. The van der Waals surface area contributed by atoms with E-state index in [9.17, 15) is 9.59 Å². The minimum atomic E-state index is -0.147. The molecule has 1 aliphatic heterocycles. The van der Waals surface area contributed by atoms with E-state index in [4.69, 9.17) is 0 Å². The molecular formula is C30H28ClN3O2. The van der Waals surface area contributed by atoms with Gasteiger partial charge in [-0.3, -0.25) is 14.6 Å². The summed E-state index contributed by atoms with van der Waals surface area (Å²) >= 11 is 0. The van der Waals surface area contributed by atoms with Crippen LogP contribution in [-0.4, -0.2) is 23.3 Å². The Bertz CT molecular complexity index is 1400. The van der Waals surface area contributed by atoms with Gasteiger partial charge >= 0.3 is 0 Å². The van der Waals surface area contributed by atoms with Gasteiger partial charge in [0, 0.05) is 35.4 Å². The average molecular weight is 498 g/mol. The van der Waals surface area contributed by atoms with Gasteiger partial charge in [-0.15, -0.1) is 12.4 Å². The molecule has 0 radical (unpaired) electrons. The number of pyridine rings is 1. The maximum absolute atomic E-state index is 13.2. The number of nitrogens with zero attached hydrogens (tertiary/aromatic N) is 2. The van der Waals surface area contributed by atoms with E-state index in [1.165, 1.54) is 5.56 Å². The first-order valence-corrected chi connectivity index (χ1v) is 11.8. The molecule has 4 aromatic rings. The Morgan fingerprint density at radius 1 is 0.944 bits per heavy atom. The Balaban J connectivity index is 0.00000304. The number of amides is 2. The zero-order valence-corrected chi connectivity index (χ0v) is 21.1. The van der Waals surface area contributed by atoms with Gasteiger partial charge in [0.15, 0.2) is 0 Å². The fourth-order valence-electron chi connectivity index (χ4n) is 4.60. The summed E-state index contributed by atoms with van der Waals surface area (Å²) in [4.78, 5) is 32.1. The standard InChI is InChI=1S/C30H27N3O2.ClH/c1-20-16-24(18-27(21(20)2)22-8-4-3-5-9-22)30(35)32-26-11-12-28-23(17-26)13-15-33(28)29(34)19-25-10-6-7-14-31-25;/h3-12,14,16-18H,13,15,19H2,1-2H3,(H,32,35);1H. The van der Waals surface area contributed by atoms with Gasteiger partial charge in [-0.25, -0.2) is 0 Å². The van der Waals surface area contributed by atoms with Crippen molar-refractivity contribution in [2.45, 2.75) is 26.7 Å². The van der Waals surface area contributed by atoms with Gasteiger partial charge in [0.05, 0.1) is 6.42 Å². The Hall–Kier alpha value is -3.96. The smallest absolute Gasteiger partial charge is 0.255 e. The molecule has 3 aromatic carbocycles. The summed E-state index contributed by atoms with van der Waals surface area (Å²) in [5.41, 5.74) is 8.48. The predicted octanol–water partition coefficient (Wildman–Crippen LogP) is 6.17. The highest BCUT2D eigenvalue weighted by Crippen LogP contribution is 2.32. The average Bonchev–Trinajstić information content (AvgIpc) is 3.30. The molecule has 5 nitrogen and oxygen atoms in total. The number of halogens is 1. The molecule has 0 aliphatic carbocycles. The summed E-state index contributed by atoms with van der Waals surface area (Å²) in [7, 11) is 0. The normalized spacial score (nSPS) is 12.0. The Morgan fingerprint density at radius 2 is 1.72 bits per heavy atom. The molecule has 5 rings (SSSR count). The molecule has 2 heterocycles. The number of anilines is 2. The number of aromatic nitrogens is 1. The number of carbonyl (C=O) groups is 2. The van der Waals surface area contributed by atoms with Crippen molar-refractivity contribution < 1.29 is 9.59 Å². The van der Waals surface area contributed by atoms with Gasteiger partial charge in [0.2, 0.25) is 5.91 Å². The van der Waals surface area contributed by atoms with E-state index in [1.54, 1.807) is 6.20 Å². The molecule has 0 saturated carbocycles. The van der Waals surface area contributed by atoms with Gasteiger partial charge in [-0.05, 0) is 90.6 Å². The maximum atomic E-state index is 13.2. The Morgan fingerprint density at radius 3 is 2.47 bits per heavy atom. The molecule has 0 spiro atoms. The summed E-state index contributed by atoms with van der Waals surface area (Å²) in [6.07, 6.45) is 2.73. The molecule has 1 aromatic heterocycles. The van der Waals surface area contributed by atoms with Crippen LogP contribution >= 0.6 is 12.4 Å². The molecule has 0 bridgehead atoms. The number of carbonyl (C=O) groups excluding carboxylic acids is 2. The van der Waals surface area contributed by atoms with Crippen molar-refractivity contribution in [3.63, 3.8) is 0 Å². The van der Waals surface area contributed by atoms with Crippen LogP contribution in [0.5, 0.6) is 0 Å². The molecule has 0 fully saturated rings. The van der Waals surface area contributed by atoms with Gasteiger partial charge in [-0.2, -0.15) is 0 Å². The van der Waals surface area contributed by atoms with Gasteiger partial charge in [0.1, 0.15) is 0 Å². The SMILES string of the molecule is Cc1cc(C(=O)Nc2ccc3c(c2)CCN3C(=O)Cc2ccccn2)cc(-c2ccccc2)c1C.Cl. The maximum Gasteiger partial charge on any atom is 0.255 e. The van der Waals surface area contributed by atoms with Crippen LogP contribution in [0.15, 0.2) is 85.1 Å². The van der Waals surface area contributed by atoms with Gasteiger partial charge < -0.3 is 10.2 Å². The molecular weight excluding hydrogens is 470 g/mol. The molecule has 0 atom stereocenters. The van der Waals surface area contributed by atoms with E-state index in [-0.39, 0.29) is 30.6 Å². The van der Waals surface area contributed by atoms with Crippen molar-refractivity contribution >= 4 is 35.6 Å². The summed E-state index contributed by atoms with van der Waals surface area (Å²) in [5.74, 6) is -0.117. The number of fused-ring (bicyclic) bond motifs is 1. The molecule has 0 saturated heterocycles. The van der Waals surface area contributed by atoms with E-state index in [1.807, 2.05) is 78.6 Å². The van der Waals surface area contributed by atoms with Gasteiger partial charge in [-0.1, -0.05) is 36.4 Å². The molecule has 6 heteroatoms. The first-order chi connectivity index (χ1) is 17.0. The highest BCUT2D eigenvalue weighted by Gasteiger charge is 2.25. The van der Waals surface area contributed by atoms with Crippen LogP contribution < -0.4 is 10.2 Å². The summed E-state index contributed by atoms with van der Waals surface area (Å²) in [6, 6.07) is 25.4. The lowest BCUT2D eigenvalue weighted by Gasteiger charge is -2.17. The van der Waals surface area contributed by atoms with Crippen LogP contribution in [0.25, 0.3) is 11.1 Å². The number of nitrogens with one attached hydrogen (secondary N) is 1. The number of benzene rings is 3. The number of rotatable bonds is 5. The van der Waals surface area contributed by atoms with Crippen LogP contribution in [0.3, 0.4) is 0 Å². The lowest BCUT2D eigenvalue weighted by molar-refractivity contribution is -0.117. The van der Waals surface area contributed by atoms with Crippen molar-refractivity contribution in [1.29, 1.82) is 0 Å². The Labute approximate surface area is 217 Å². The van der Waals surface area contributed by atoms with Crippen LogP contribution in [0.1, 0.15) is 32.7 Å². The third-order valence-corrected chi connectivity index (χ3v) is 6.61. The predicted molar refractivity (Wildman–Crippen MR) is 147 cm³/mol. The van der Waals surface area contributed by atoms with Crippen LogP contribution in [0, 0.1) is 13.8 Å². The zero-order valence-electron chi connectivity index (χ0n) is 20.3. The van der Waals surface area contributed by atoms with Crippen LogP contribution in [0.2, 0.25) is 0 Å². The largest absolute Gasteiger partial charge is 0.322 e. The minimum absolute atomic E-state index is 0. The first kappa shape index (κ1) is 25.1. The summed E-state index contributed by atoms with van der Waals surface area (Å²) < 4.78 is 0. The van der Waals surface area contributed by atoms with E-state index in [2.05, 4.69) is 29.4 Å². The van der Waals surface area contributed by atoms with Crippen LogP contribution in [0.4, 0.5) is 11.4 Å². The number of aryl methyl sites for hydroxylation is 1. The third-order valence-electron chi connectivity index (χ3n) is 6.61. The molecule has 2 amide bonds. The summed E-state index contributed by atoms with van der Waals surface area (Å²) in [5, 5.41) is 3.04. The second-order valence-corrected chi connectivity index (χ2v) is 8.92. The van der Waals surface area contributed by atoms with Crippen molar-refractivity contribution in [1.82, 2.24) is 4.98 Å². The zero-order chi connectivity index (χ0) is 24.4. The lowest BCUT2D eigenvalue weighted by Crippen LogP contribution is -2.30. The Kier molecular flexibility index (Phi) is 7.51. The van der Waals surface area contributed by atoms with E-state index < -0.39 is 0 Å². The number of hydrogen-bond acceptors (Lipinski definition) is 3. The van der Waals surface area contributed by atoms with Crippen LogP contribution in [-0.2, 0) is 17.6 Å². The highest BCUT2D eigenvalue weighted by atomic mass is 35.5. The monoisotopic (exact) mass is 497 g/mol. The van der Waals surface area contributed by atoms with Crippen molar-refractivity contribution in [3.05, 3.63) is 113 Å². The van der Waals surface area contributed by atoms with Crippen molar-refractivity contribution in [2.75, 3.05) is 16.8 Å². The van der Waals surface area contributed by atoms with Crippen molar-refractivity contribution in [3.8, 4) is 11.1 Å². The molecule has 1 aliphatic rings.